The van der Waals surface area contributed by atoms with Crippen molar-refractivity contribution in [2.45, 2.75) is 12.8 Å². The molecule has 2 aromatic rings. The van der Waals surface area contributed by atoms with Gasteiger partial charge in [-0.15, -0.1) is 0 Å². The zero-order chi connectivity index (χ0) is 19.4. The van der Waals surface area contributed by atoms with Crippen LogP contribution in [-0.2, 0) is 0 Å². The van der Waals surface area contributed by atoms with E-state index in [-0.39, 0.29) is 11.6 Å². The minimum atomic E-state index is -0.438. The molecule has 6 nitrogen and oxygen atoms in total. The number of fused-ring (bicyclic) bond motifs is 1. The summed E-state index contributed by atoms with van der Waals surface area (Å²) in [4.78, 5) is 0. The number of nitrogens with zero attached hydrogens (tertiary/aromatic N) is 1. The molecule has 3 rings (SSSR count). The first kappa shape index (κ1) is 18.2. The van der Waals surface area contributed by atoms with E-state index in [2.05, 4.69) is 12.6 Å². The van der Waals surface area contributed by atoms with E-state index >= 15 is 0 Å². The van der Waals surface area contributed by atoms with Crippen molar-refractivity contribution >= 4 is 0 Å². The number of rotatable bonds is 6. The molecule has 138 valence electrons. The Kier molecular flexibility index (Phi) is 5.23. The Morgan fingerprint density at radius 2 is 2.07 bits per heavy atom. The smallest absolute Gasteiger partial charge is 0.205 e. The van der Waals surface area contributed by atoms with Gasteiger partial charge in [0.05, 0.1) is 12.5 Å². The quantitative estimate of drug-likeness (QED) is 0.761. The van der Waals surface area contributed by atoms with Crippen molar-refractivity contribution in [2.75, 3.05) is 13.2 Å². The molecule has 0 saturated heterocycles. The first-order chi connectivity index (χ1) is 13.1. The van der Waals surface area contributed by atoms with Crippen LogP contribution < -0.4 is 19.9 Å². The lowest BCUT2D eigenvalue weighted by Crippen LogP contribution is -2.21. The highest BCUT2D eigenvalue weighted by Crippen LogP contribution is 2.44. The SMILES string of the molecule is C=CCOc1ccc([C@@H]2C(C#N)=C(N)Oc3cc(O)ccc32)cc1OCC. The maximum atomic E-state index is 9.74. The molecule has 0 saturated carbocycles. The number of aromatic hydroxyl groups is 1. The van der Waals surface area contributed by atoms with Crippen LogP contribution in [0.2, 0.25) is 0 Å². The number of nitrogens with two attached hydrogens (primary N) is 1. The van der Waals surface area contributed by atoms with Crippen LogP contribution in [0.25, 0.3) is 0 Å². The minimum Gasteiger partial charge on any atom is -0.508 e. The summed E-state index contributed by atoms with van der Waals surface area (Å²) in [5.74, 6) is 1.22. The fourth-order valence-corrected chi connectivity index (χ4v) is 3.03. The first-order valence-corrected chi connectivity index (χ1v) is 8.50. The third kappa shape index (κ3) is 3.53. The van der Waals surface area contributed by atoms with E-state index in [0.29, 0.717) is 36.0 Å². The molecule has 0 amide bonds. The third-order valence-electron chi connectivity index (χ3n) is 4.16. The van der Waals surface area contributed by atoms with Gasteiger partial charge in [0.15, 0.2) is 11.5 Å². The molecule has 0 bridgehead atoms. The number of nitriles is 1. The van der Waals surface area contributed by atoms with Crippen LogP contribution in [0.5, 0.6) is 23.0 Å². The third-order valence-corrected chi connectivity index (χ3v) is 4.16. The molecule has 0 unspecified atom stereocenters. The van der Waals surface area contributed by atoms with Crippen molar-refractivity contribution < 1.29 is 19.3 Å². The van der Waals surface area contributed by atoms with Crippen LogP contribution >= 0.6 is 0 Å². The second-order valence-electron chi connectivity index (χ2n) is 5.89. The second-order valence-corrected chi connectivity index (χ2v) is 5.89. The lowest BCUT2D eigenvalue weighted by atomic mass is 9.83. The van der Waals surface area contributed by atoms with Crippen molar-refractivity contribution in [2.24, 2.45) is 5.73 Å². The molecule has 0 aliphatic carbocycles. The van der Waals surface area contributed by atoms with Gasteiger partial charge in [-0.1, -0.05) is 24.8 Å². The van der Waals surface area contributed by atoms with Crippen molar-refractivity contribution in [1.29, 1.82) is 5.26 Å². The summed E-state index contributed by atoms with van der Waals surface area (Å²) < 4.78 is 16.9. The molecule has 1 aliphatic rings. The van der Waals surface area contributed by atoms with Gasteiger partial charge in [-0.05, 0) is 30.7 Å². The van der Waals surface area contributed by atoms with E-state index < -0.39 is 5.92 Å². The Balaban J connectivity index is 2.12. The number of benzene rings is 2. The molecule has 1 heterocycles. The van der Waals surface area contributed by atoms with Gasteiger partial charge in [-0.2, -0.15) is 5.26 Å². The number of phenols is 1. The predicted octanol–water partition coefficient (Wildman–Crippen LogP) is 3.57. The second kappa shape index (κ2) is 7.75. The highest BCUT2D eigenvalue weighted by Gasteiger charge is 2.31. The van der Waals surface area contributed by atoms with E-state index in [1.54, 1.807) is 24.3 Å². The molecule has 0 radical (unpaired) electrons. The normalized spacial score (nSPS) is 15.3. The minimum absolute atomic E-state index is 0.0190. The fraction of sp³-hybridized carbons (Fsp3) is 0.190. The number of ether oxygens (including phenoxy) is 3. The molecule has 2 aromatic carbocycles. The summed E-state index contributed by atoms with van der Waals surface area (Å²) in [6.45, 7) is 6.36. The van der Waals surface area contributed by atoms with E-state index in [9.17, 15) is 10.4 Å². The van der Waals surface area contributed by atoms with Gasteiger partial charge < -0.3 is 25.1 Å². The van der Waals surface area contributed by atoms with Gasteiger partial charge in [-0.25, -0.2) is 0 Å². The summed E-state index contributed by atoms with van der Waals surface area (Å²) in [5.41, 5.74) is 7.80. The Hall–Kier alpha value is -3.59. The van der Waals surface area contributed by atoms with Gasteiger partial charge in [-0.3, -0.25) is 0 Å². The lowest BCUT2D eigenvalue weighted by Gasteiger charge is -2.27. The van der Waals surface area contributed by atoms with Gasteiger partial charge in [0.2, 0.25) is 5.88 Å². The van der Waals surface area contributed by atoms with E-state index in [0.717, 1.165) is 11.1 Å². The maximum Gasteiger partial charge on any atom is 0.205 e. The van der Waals surface area contributed by atoms with E-state index in [4.69, 9.17) is 19.9 Å². The average Bonchev–Trinajstić information content (AvgIpc) is 2.66. The number of hydrogen-bond acceptors (Lipinski definition) is 6. The molecule has 0 spiro atoms. The average molecular weight is 364 g/mol. The van der Waals surface area contributed by atoms with Gasteiger partial charge in [0.1, 0.15) is 29.7 Å². The van der Waals surface area contributed by atoms with Crippen LogP contribution in [0.4, 0.5) is 0 Å². The molecule has 6 heteroatoms. The molecular formula is C21H20N2O4. The topological polar surface area (TPSA) is 97.7 Å². The van der Waals surface area contributed by atoms with Crippen LogP contribution in [0, 0.1) is 11.3 Å². The number of hydrogen-bond donors (Lipinski definition) is 2. The van der Waals surface area contributed by atoms with Crippen LogP contribution in [-0.4, -0.2) is 18.3 Å². The van der Waals surface area contributed by atoms with Crippen molar-refractivity contribution in [3.8, 4) is 29.1 Å². The zero-order valence-electron chi connectivity index (χ0n) is 14.9. The molecule has 27 heavy (non-hydrogen) atoms. The largest absolute Gasteiger partial charge is 0.508 e. The molecule has 1 atom stereocenters. The Morgan fingerprint density at radius 3 is 2.78 bits per heavy atom. The molecular weight excluding hydrogens is 344 g/mol. The summed E-state index contributed by atoms with van der Waals surface area (Å²) in [5, 5.41) is 19.4. The summed E-state index contributed by atoms with van der Waals surface area (Å²) in [6, 6.07) is 12.4. The predicted molar refractivity (Wildman–Crippen MR) is 101 cm³/mol. The Bertz CT molecular complexity index is 944. The maximum absolute atomic E-state index is 9.74. The fourth-order valence-electron chi connectivity index (χ4n) is 3.03. The Labute approximate surface area is 157 Å². The molecule has 0 fully saturated rings. The lowest BCUT2D eigenvalue weighted by molar-refractivity contribution is 0.296. The zero-order valence-corrected chi connectivity index (χ0v) is 14.9. The van der Waals surface area contributed by atoms with Crippen molar-refractivity contribution in [3.63, 3.8) is 0 Å². The first-order valence-electron chi connectivity index (χ1n) is 8.50. The molecule has 3 N–H and O–H groups in total. The Morgan fingerprint density at radius 1 is 1.26 bits per heavy atom. The van der Waals surface area contributed by atoms with Crippen LogP contribution in [0.3, 0.4) is 0 Å². The summed E-state index contributed by atoms with van der Waals surface area (Å²) in [7, 11) is 0. The summed E-state index contributed by atoms with van der Waals surface area (Å²) >= 11 is 0. The van der Waals surface area contributed by atoms with Gasteiger partial charge >= 0.3 is 0 Å². The van der Waals surface area contributed by atoms with E-state index in [1.165, 1.54) is 6.07 Å². The van der Waals surface area contributed by atoms with Crippen molar-refractivity contribution in [1.82, 2.24) is 0 Å². The highest BCUT2D eigenvalue weighted by molar-refractivity contribution is 5.58. The number of allylic oxidation sites excluding steroid dienone is 1. The molecule has 0 aromatic heterocycles. The summed E-state index contributed by atoms with van der Waals surface area (Å²) in [6.07, 6.45) is 1.65. The van der Waals surface area contributed by atoms with Crippen LogP contribution in [0.1, 0.15) is 24.0 Å². The molecule has 1 aliphatic heterocycles. The van der Waals surface area contributed by atoms with Gasteiger partial charge in [0.25, 0.3) is 0 Å². The van der Waals surface area contributed by atoms with E-state index in [1.807, 2.05) is 19.1 Å². The highest BCUT2D eigenvalue weighted by atomic mass is 16.5. The van der Waals surface area contributed by atoms with Crippen LogP contribution in [0.15, 0.2) is 60.5 Å². The standard InChI is InChI=1S/C21H20N2O4/c1-3-9-26-17-8-5-13(10-19(17)25-4-2)20-15-7-6-14(24)11-18(15)27-21(23)16(20)12-22/h3,5-8,10-11,20,24H,1,4,9,23H2,2H3/t20-/m0/s1. The van der Waals surface area contributed by atoms with Gasteiger partial charge in [0, 0.05) is 11.6 Å². The van der Waals surface area contributed by atoms with Crippen molar-refractivity contribution in [3.05, 3.63) is 71.6 Å². The monoisotopic (exact) mass is 364 g/mol. The number of phenolic OH excluding ortho intramolecular Hbond substituents is 1.